The van der Waals surface area contributed by atoms with Crippen LogP contribution in [0.1, 0.15) is 30.9 Å². The van der Waals surface area contributed by atoms with Crippen molar-refractivity contribution < 1.29 is 29.0 Å². The molecular weight excluding hydrogens is 453 g/mol. The highest BCUT2D eigenvalue weighted by Crippen LogP contribution is 2.35. The van der Waals surface area contributed by atoms with E-state index in [1.807, 2.05) is 18.2 Å². The van der Waals surface area contributed by atoms with Crippen molar-refractivity contribution in [3.63, 3.8) is 0 Å². The van der Waals surface area contributed by atoms with Crippen LogP contribution in [0.4, 0.5) is 0 Å². The zero-order valence-electron chi connectivity index (χ0n) is 17.8. The van der Waals surface area contributed by atoms with Gasteiger partial charge in [0.2, 0.25) is 0 Å². The number of fused-ring (bicyclic) bond motifs is 1. The second kappa shape index (κ2) is 10.8. The number of quaternary nitrogens is 1. The summed E-state index contributed by atoms with van der Waals surface area (Å²) < 4.78 is 16.9. The van der Waals surface area contributed by atoms with Gasteiger partial charge in [0, 0.05) is 31.2 Å². The van der Waals surface area contributed by atoms with Gasteiger partial charge in [-0.15, -0.1) is 0 Å². The van der Waals surface area contributed by atoms with E-state index in [0.29, 0.717) is 40.5 Å². The Morgan fingerprint density at radius 3 is 2.53 bits per heavy atom. The molecule has 0 spiro atoms. The highest BCUT2D eigenvalue weighted by atomic mass is 35.5. The number of Topliss-reactive ketones (excluding diaryl/α,β-unsaturated/α-hetero) is 1. The fourth-order valence-corrected chi connectivity index (χ4v) is 4.63. The molecule has 0 unspecified atom stereocenters. The number of benzene rings is 2. The first-order valence-corrected chi connectivity index (χ1v) is 11.8. The van der Waals surface area contributed by atoms with Crippen LogP contribution in [-0.2, 0) is 4.79 Å². The van der Waals surface area contributed by atoms with Gasteiger partial charge in [0.05, 0.1) is 35.8 Å². The lowest BCUT2D eigenvalue weighted by Gasteiger charge is -2.26. The summed E-state index contributed by atoms with van der Waals surface area (Å²) >= 11 is 11.9. The standard InChI is InChI=1S/C24H27Cl2NO5/c25-20-5-4-19(13-21(20)26)32-15-18(28)11-17(14-27-7-1-2-8-27)24(29)16-3-6-22-23(12-16)31-10-9-30-22/h3-6,12-13,17,24,29H,1-2,7-11,14-15H2/p+1/t17-,24-/m1/s1. The van der Waals surface area contributed by atoms with E-state index < -0.39 is 6.10 Å². The highest BCUT2D eigenvalue weighted by molar-refractivity contribution is 6.42. The van der Waals surface area contributed by atoms with Crippen molar-refractivity contribution in [3.05, 3.63) is 52.0 Å². The minimum absolute atomic E-state index is 0.0729. The summed E-state index contributed by atoms with van der Waals surface area (Å²) in [7, 11) is 0. The number of halogens is 2. The van der Waals surface area contributed by atoms with E-state index in [1.165, 1.54) is 17.7 Å². The number of hydrogen-bond acceptors (Lipinski definition) is 5. The van der Waals surface area contributed by atoms with Gasteiger partial charge < -0.3 is 24.2 Å². The third-order valence-corrected chi connectivity index (χ3v) is 6.74. The normalized spacial score (nSPS) is 17.7. The molecule has 4 rings (SSSR count). The zero-order valence-corrected chi connectivity index (χ0v) is 19.3. The fraction of sp³-hybridized carbons (Fsp3) is 0.458. The second-order valence-electron chi connectivity index (χ2n) is 8.38. The largest absolute Gasteiger partial charge is 0.486 e. The third-order valence-electron chi connectivity index (χ3n) is 6.00. The summed E-state index contributed by atoms with van der Waals surface area (Å²) in [6, 6.07) is 10.4. The van der Waals surface area contributed by atoms with Crippen LogP contribution < -0.4 is 19.1 Å². The number of ether oxygens (including phenoxy) is 3. The minimum Gasteiger partial charge on any atom is -0.486 e. The Hall–Kier alpha value is -1.99. The number of aliphatic hydroxyl groups is 1. The van der Waals surface area contributed by atoms with E-state index in [2.05, 4.69) is 0 Å². The molecule has 2 aliphatic rings. The van der Waals surface area contributed by atoms with Crippen molar-refractivity contribution in [2.24, 2.45) is 5.92 Å². The lowest BCUT2D eigenvalue weighted by atomic mass is 9.90. The van der Waals surface area contributed by atoms with Gasteiger partial charge in [-0.25, -0.2) is 0 Å². The van der Waals surface area contributed by atoms with E-state index >= 15 is 0 Å². The van der Waals surface area contributed by atoms with Crippen molar-refractivity contribution in [2.75, 3.05) is 39.5 Å². The summed E-state index contributed by atoms with van der Waals surface area (Å²) in [6.07, 6.45) is 1.79. The summed E-state index contributed by atoms with van der Waals surface area (Å²) in [5.74, 6) is 1.50. The monoisotopic (exact) mass is 480 g/mol. The lowest BCUT2D eigenvalue weighted by Crippen LogP contribution is -3.10. The van der Waals surface area contributed by atoms with Crippen LogP contribution in [-0.4, -0.2) is 50.3 Å². The molecule has 0 saturated carbocycles. The number of hydrogen-bond donors (Lipinski definition) is 2. The SMILES string of the molecule is O=C(COc1ccc(Cl)c(Cl)c1)C[C@H](C[NH+]1CCCC1)[C@H](O)c1ccc2c(c1)OCCO2. The van der Waals surface area contributed by atoms with Crippen molar-refractivity contribution in [3.8, 4) is 17.2 Å². The Kier molecular flexibility index (Phi) is 7.79. The molecule has 0 amide bonds. The van der Waals surface area contributed by atoms with Gasteiger partial charge in [0.25, 0.3) is 0 Å². The number of ketones is 1. The Labute approximate surface area is 198 Å². The molecule has 6 nitrogen and oxygen atoms in total. The first kappa shape index (κ1) is 23.2. The van der Waals surface area contributed by atoms with Gasteiger partial charge in [-0.3, -0.25) is 4.79 Å². The van der Waals surface area contributed by atoms with E-state index in [-0.39, 0.29) is 24.7 Å². The summed E-state index contributed by atoms with van der Waals surface area (Å²) in [4.78, 5) is 14.2. The number of nitrogens with one attached hydrogen (secondary N) is 1. The zero-order chi connectivity index (χ0) is 22.5. The molecule has 0 bridgehead atoms. The summed E-state index contributed by atoms with van der Waals surface area (Å²) in [6.45, 7) is 3.78. The molecule has 1 fully saturated rings. The Morgan fingerprint density at radius 2 is 1.78 bits per heavy atom. The van der Waals surface area contributed by atoms with E-state index in [0.717, 1.165) is 25.2 Å². The van der Waals surface area contributed by atoms with Gasteiger partial charge >= 0.3 is 0 Å². The molecular formula is C24H28Cl2NO5+. The molecule has 2 aromatic rings. The van der Waals surface area contributed by atoms with Crippen LogP contribution in [0.15, 0.2) is 36.4 Å². The average molecular weight is 481 g/mol. The minimum atomic E-state index is -0.784. The van der Waals surface area contributed by atoms with Gasteiger partial charge in [0.1, 0.15) is 25.6 Å². The molecule has 172 valence electrons. The third kappa shape index (κ3) is 5.87. The van der Waals surface area contributed by atoms with Crippen molar-refractivity contribution in [2.45, 2.75) is 25.4 Å². The predicted molar refractivity (Wildman–Crippen MR) is 122 cm³/mol. The van der Waals surface area contributed by atoms with Gasteiger partial charge in [0.15, 0.2) is 17.3 Å². The smallest absolute Gasteiger partial charge is 0.170 e. The highest BCUT2D eigenvalue weighted by Gasteiger charge is 2.30. The Bertz CT molecular complexity index is 948. The molecule has 2 heterocycles. The van der Waals surface area contributed by atoms with Crippen LogP contribution >= 0.6 is 23.2 Å². The number of likely N-dealkylation sites (tertiary alicyclic amines) is 1. The Balaban J connectivity index is 1.43. The maximum Gasteiger partial charge on any atom is 0.170 e. The molecule has 0 radical (unpaired) electrons. The first-order chi connectivity index (χ1) is 15.5. The number of carbonyl (C=O) groups excluding carboxylic acids is 1. The van der Waals surface area contributed by atoms with Crippen LogP contribution in [0.5, 0.6) is 17.2 Å². The van der Waals surface area contributed by atoms with Crippen LogP contribution in [0.25, 0.3) is 0 Å². The quantitative estimate of drug-likeness (QED) is 0.576. The topological polar surface area (TPSA) is 69.4 Å². The molecule has 0 aromatic heterocycles. The number of carbonyl (C=O) groups is 1. The van der Waals surface area contributed by atoms with Gasteiger partial charge in [-0.05, 0) is 29.8 Å². The van der Waals surface area contributed by atoms with Crippen molar-refractivity contribution in [1.29, 1.82) is 0 Å². The Morgan fingerprint density at radius 1 is 1.03 bits per heavy atom. The van der Waals surface area contributed by atoms with Crippen molar-refractivity contribution in [1.82, 2.24) is 0 Å². The fourth-order valence-electron chi connectivity index (χ4n) is 4.34. The van der Waals surface area contributed by atoms with Gasteiger partial charge in [-0.2, -0.15) is 0 Å². The molecule has 0 aliphatic carbocycles. The molecule has 2 aromatic carbocycles. The first-order valence-electron chi connectivity index (χ1n) is 11.0. The van der Waals surface area contributed by atoms with Crippen LogP contribution in [0, 0.1) is 5.92 Å². The molecule has 2 atom stereocenters. The molecule has 1 saturated heterocycles. The predicted octanol–water partition coefficient (Wildman–Crippen LogP) is 3.13. The second-order valence-corrected chi connectivity index (χ2v) is 9.19. The molecule has 2 N–H and O–H groups in total. The van der Waals surface area contributed by atoms with E-state index in [4.69, 9.17) is 37.4 Å². The van der Waals surface area contributed by atoms with E-state index in [1.54, 1.807) is 18.2 Å². The summed E-state index contributed by atoms with van der Waals surface area (Å²) in [5, 5.41) is 12.0. The van der Waals surface area contributed by atoms with E-state index in [9.17, 15) is 9.90 Å². The molecule has 32 heavy (non-hydrogen) atoms. The average Bonchev–Trinajstić information content (AvgIpc) is 3.32. The van der Waals surface area contributed by atoms with Crippen LogP contribution in [0.2, 0.25) is 10.0 Å². The van der Waals surface area contributed by atoms with Crippen LogP contribution in [0.3, 0.4) is 0 Å². The maximum atomic E-state index is 12.8. The number of rotatable bonds is 9. The summed E-state index contributed by atoms with van der Waals surface area (Å²) in [5.41, 5.74) is 0.732. The molecule has 2 aliphatic heterocycles. The molecule has 8 heteroatoms. The lowest BCUT2D eigenvalue weighted by molar-refractivity contribution is -0.891. The van der Waals surface area contributed by atoms with Crippen molar-refractivity contribution >= 4 is 29.0 Å². The number of aliphatic hydroxyl groups excluding tert-OH is 1. The maximum absolute atomic E-state index is 12.8. The van der Waals surface area contributed by atoms with Gasteiger partial charge in [-0.1, -0.05) is 29.3 Å².